The van der Waals surface area contributed by atoms with Crippen molar-refractivity contribution in [3.8, 4) is 5.75 Å². The van der Waals surface area contributed by atoms with Gasteiger partial charge in [0.1, 0.15) is 11.4 Å². The van der Waals surface area contributed by atoms with E-state index < -0.39 is 0 Å². The van der Waals surface area contributed by atoms with Crippen molar-refractivity contribution in [3.05, 3.63) is 58.9 Å². The summed E-state index contributed by atoms with van der Waals surface area (Å²) in [5.41, 5.74) is 4.49. The molecule has 2 aromatic rings. The second-order valence-electron chi connectivity index (χ2n) is 9.24. The zero-order valence-corrected chi connectivity index (χ0v) is 17.5. The third-order valence-electron chi connectivity index (χ3n) is 6.68. The Bertz CT molecular complexity index is 888. The van der Waals surface area contributed by atoms with E-state index in [1.165, 1.54) is 48.8 Å². The van der Waals surface area contributed by atoms with Gasteiger partial charge in [0.05, 0.1) is 12.8 Å². The van der Waals surface area contributed by atoms with E-state index in [2.05, 4.69) is 33.8 Å². The molecule has 3 aliphatic rings. The highest BCUT2D eigenvalue weighted by Crippen LogP contribution is 2.29. The number of fused-ring (bicyclic) bond motifs is 1. The van der Waals surface area contributed by atoms with Gasteiger partial charge in [-0.15, -0.1) is 0 Å². The number of amides is 1. The van der Waals surface area contributed by atoms with E-state index in [9.17, 15) is 4.79 Å². The molecule has 5 rings (SSSR count). The van der Waals surface area contributed by atoms with Crippen LogP contribution >= 0.6 is 0 Å². The minimum absolute atomic E-state index is 0.107. The van der Waals surface area contributed by atoms with Crippen LogP contribution in [0.3, 0.4) is 0 Å². The van der Waals surface area contributed by atoms with Crippen LogP contribution in [0.4, 0.5) is 0 Å². The fraction of sp³-hybridized carbons (Fsp3) is 0.520. The Morgan fingerprint density at radius 2 is 1.90 bits per heavy atom. The van der Waals surface area contributed by atoms with Gasteiger partial charge in [0, 0.05) is 12.6 Å². The summed E-state index contributed by atoms with van der Waals surface area (Å²) in [6.07, 6.45) is 10.1. The van der Waals surface area contributed by atoms with Crippen molar-refractivity contribution < 1.29 is 9.53 Å². The van der Waals surface area contributed by atoms with Gasteiger partial charge in [0.25, 0.3) is 5.91 Å². The fourth-order valence-electron chi connectivity index (χ4n) is 4.36. The van der Waals surface area contributed by atoms with Crippen molar-refractivity contribution in [2.24, 2.45) is 11.8 Å². The van der Waals surface area contributed by atoms with Crippen LogP contribution < -0.4 is 15.4 Å². The minimum atomic E-state index is -0.107. The van der Waals surface area contributed by atoms with Crippen LogP contribution in [0.1, 0.15) is 59.3 Å². The highest BCUT2D eigenvalue weighted by molar-refractivity contribution is 5.92. The lowest BCUT2D eigenvalue weighted by molar-refractivity contribution is 0.0933. The molecule has 1 unspecified atom stereocenters. The third kappa shape index (κ3) is 4.84. The van der Waals surface area contributed by atoms with Gasteiger partial charge in [-0.25, -0.2) is 4.98 Å². The number of carbonyl (C=O) groups excluding carboxylic acids is 1. The van der Waals surface area contributed by atoms with Gasteiger partial charge >= 0.3 is 0 Å². The number of carbonyl (C=O) groups is 1. The molecule has 0 spiro atoms. The molecule has 158 valence electrons. The second-order valence-corrected chi connectivity index (χ2v) is 9.24. The van der Waals surface area contributed by atoms with Crippen molar-refractivity contribution in [1.82, 2.24) is 15.6 Å². The molecule has 1 heterocycles. The topological polar surface area (TPSA) is 63.2 Å². The zero-order chi connectivity index (χ0) is 20.3. The zero-order valence-electron chi connectivity index (χ0n) is 17.5. The van der Waals surface area contributed by atoms with Gasteiger partial charge in [0.15, 0.2) is 0 Å². The first-order valence-electron chi connectivity index (χ1n) is 11.4. The number of nitrogens with one attached hydrogen (secondary N) is 2. The summed E-state index contributed by atoms with van der Waals surface area (Å²) in [7, 11) is 0. The Morgan fingerprint density at radius 3 is 2.63 bits per heavy atom. The molecule has 0 saturated heterocycles. The Labute approximate surface area is 178 Å². The molecule has 0 aliphatic heterocycles. The van der Waals surface area contributed by atoms with E-state index in [1.807, 2.05) is 6.07 Å². The Kier molecular flexibility index (Phi) is 5.71. The maximum absolute atomic E-state index is 12.6. The molecule has 0 bridgehead atoms. The number of rotatable bonds is 9. The van der Waals surface area contributed by atoms with Gasteiger partial charge in [-0.1, -0.05) is 24.6 Å². The van der Waals surface area contributed by atoms with Crippen LogP contribution in [0.5, 0.6) is 5.75 Å². The number of hydrogen-bond donors (Lipinski definition) is 2. The normalized spacial score (nSPS) is 20.5. The molecule has 2 N–H and O–H groups in total. The van der Waals surface area contributed by atoms with Gasteiger partial charge in [-0.3, -0.25) is 4.79 Å². The van der Waals surface area contributed by atoms with Gasteiger partial charge in [-0.2, -0.15) is 0 Å². The standard InChI is InChI=1S/C25H31N3O2/c29-25(24-9-8-23(15-27-24)30-16-18-4-5-18)28-22-11-20-7-6-19(10-21(20)12-22)14-26-13-17-2-1-3-17/h6-10,15,17-18,22,26H,1-5,11-14,16H2,(H,28,29). The molecule has 1 amide bonds. The minimum Gasteiger partial charge on any atom is -0.492 e. The fourth-order valence-corrected chi connectivity index (χ4v) is 4.36. The van der Waals surface area contributed by atoms with Crippen LogP contribution in [-0.4, -0.2) is 30.1 Å². The van der Waals surface area contributed by atoms with E-state index in [0.717, 1.165) is 44.2 Å². The molecule has 5 heteroatoms. The van der Waals surface area contributed by atoms with Gasteiger partial charge < -0.3 is 15.4 Å². The van der Waals surface area contributed by atoms with Crippen LogP contribution in [0.2, 0.25) is 0 Å². The molecule has 1 aromatic heterocycles. The Morgan fingerprint density at radius 1 is 1.03 bits per heavy atom. The maximum Gasteiger partial charge on any atom is 0.270 e. The van der Waals surface area contributed by atoms with Crippen LogP contribution in [0.25, 0.3) is 0 Å². The Hall–Kier alpha value is -2.40. The van der Waals surface area contributed by atoms with Crippen molar-refractivity contribution >= 4 is 5.91 Å². The quantitative estimate of drug-likeness (QED) is 0.668. The summed E-state index contributed by atoms with van der Waals surface area (Å²) in [6, 6.07) is 10.5. The van der Waals surface area contributed by atoms with Crippen LogP contribution in [0, 0.1) is 11.8 Å². The smallest absolute Gasteiger partial charge is 0.270 e. The SMILES string of the molecule is O=C(NC1Cc2ccc(CNCC3CCC3)cc2C1)c1ccc(OCC2CC2)cn1. The van der Waals surface area contributed by atoms with E-state index in [4.69, 9.17) is 4.74 Å². The van der Waals surface area contributed by atoms with Gasteiger partial charge in [-0.05, 0) is 85.7 Å². The predicted molar refractivity (Wildman–Crippen MR) is 117 cm³/mol. The van der Waals surface area contributed by atoms with Crippen LogP contribution in [0.15, 0.2) is 36.5 Å². The summed E-state index contributed by atoms with van der Waals surface area (Å²) < 4.78 is 5.70. The highest BCUT2D eigenvalue weighted by atomic mass is 16.5. The van der Waals surface area contributed by atoms with E-state index in [1.54, 1.807) is 12.3 Å². The molecule has 5 nitrogen and oxygen atoms in total. The molecule has 30 heavy (non-hydrogen) atoms. The third-order valence-corrected chi connectivity index (χ3v) is 6.68. The maximum atomic E-state index is 12.6. The summed E-state index contributed by atoms with van der Waals surface area (Å²) in [6.45, 7) is 2.82. The predicted octanol–water partition coefficient (Wildman–Crippen LogP) is 3.66. The molecule has 2 fully saturated rings. The lowest BCUT2D eigenvalue weighted by Gasteiger charge is -2.25. The molecular weight excluding hydrogens is 374 g/mol. The Balaban J connectivity index is 1.11. The monoisotopic (exact) mass is 405 g/mol. The number of benzene rings is 1. The largest absolute Gasteiger partial charge is 0.492 e. The lowest BCUT2D eigenvalue weighted by atomic mass is 9.85. The van der Waals surface area contributed by atoms with Crippen molar-refractivity contribution in [1.29, 1.82) is 0 Å². The first kappa shape index (κ1) is 19.6. The molecule has 3 aliphatic carbocycles. The average molecular weight is 406 g/mol. The van der Waals surface area contributed by atoms with Crippen molar-refractivity contribution in [2.45, 2.75) is 57.5 Å². The van der Waals surface area contributed by atoms with E-state index in [0.29, 0.717) is 11.6 Å². The number of nitrogens with zero attached hydrogens (tertiary/aromatic N) is 1. The molecular formula is C25H31N3O2. The number of ether oxygens (including phenoxy) is 1. The van der Waals surface area contributed by atoms with Crippen molar-refractivity contribution in [3.63, 3.8) is 0 Å². The second kappa shape index (κ2) is 8.76. The van der Waals surface area contributed by atoms with Gasteiger partial charge in [0.2, 0.25) is 0 Å². The lowest BCUT2D eigenvalue weighted by Crippen LogP contribution is -2.35. The highest BCUT2D eigenvalue weighted by Gasteiger charge is 2.25. The number of pyridine rings is 1. The molecule has 1 aromatic carbocycles. The summed E-state index contributed by atoms with van der Waals surface area (Å²) >= 11 is 0. The van der Waals surface area contributed by atoms with Crippen LogP contribution in [-0.2, 0) is 19.4 Å². The molecule has 1 atom stereocenters. The average Bonchev–Trinajstić information content (AvgIpc) is 3.47. The first-order chi connectivity index (χ1) is 14.7. The van der Waals surface area contributed by atoms with E-state index >= 15 is 0 Å². The summed E-state index contributed by atoms with van der Waals surface area (Å²) in [4.78, 5) is 16.9. The molecule has 2 saturated carbocycles. The first-order valence-corrected chi connectivity index (χ1v) is 11.4. The summed E-state index contributed by atoms with van der Waals surface area (Å²) in [5.74, 6) is 2.22. The summed E-state index contributed by atoms with van der Waals surface area (Å²) in [5, 5.41) is 6.75. The van der Waals surface area contributed by atoms with E-state index in [-0.39, 0.29) is 11.9 Å². The number of aromatic nitrogens is 1. The molecule has 0 radical (unpaired) electrons. The number of hydrogen-bond acceptors (Lipinski definition) is 4. The van der Waals surface area contributed by atoms with Crippen molar-refractivity contribution in [2.75, 3.05) is 13.2 Å².